The Hall–Kier alpha value is -0.900. The van der Waals surface area contributed by atoms with Crippen molar-refractivity contribution >= 4 is 21.4 Å². The Balaban J connectivity index is 1.58. The number of thiophene rings is 1. The molecule has 0 bridgehead atoms. The maximum atomic E-state index is 3.77. The van der Waals surface area contributed by atoms with E-state index in [1.165, 1.54) is 53.9 Å². The van der Waals surface area contributed by atoms with Gasteiger partial charge in [0.25, 0.3) is 0 Å². The first kappa shape index (κ1) is 15.0. The Morgan fingerprint density at radius 3 is 2.67 bits per heavy atom. The second-order valence-electron chi connectivity index (χ2n) is 6.34. The van der Waals surface area contributed by atoms with Crippen LogP contribution in [0.1, 0.15) is 44.0 Å². The first-order chi connectivity index (χ1) is 10.2. The fourth-order valence-corrected chi connectivity index (χ4v) is 4.38. The number of rotatable bonds is 5. The third-order valence-electron chi connectivity index (χ3n) is 4.39. The lowest BCUT2D eigenvalue weighted by atomic mass is 10.1. The second kappa shape index (κ2) is 6.91. The standard InChI is InChI=1S/C18H26N2S/c1-14(13-20-10-6-3-7-11-20)19-15(2)18-12-16-8-4-5-9-17(16)21-18/h4-5,8-9,12,14-15,19H,3,6-7,10-11,13H2,1-2H3. The highest BCUT2D eigenvalue weighted by molar-refractivity contribution is 7.19. The molecule has 1 fully saturated rings. The van der Waals surface area contributed by atoms with Crippen molar-refractivity contribution in [3.63, 3.8) is 0 Å². The Kier molecular flexibility index (Phi) is 4.94. The van der Waals surface area contributed by atoms with Gasteiger partial charge in [-0.2, -0.15) is 0 Å². The number of nitrogens with zero attached hydrogens (tertiary/aromatic N) is 1. The third-order valence-corrected chi connectivity index (χ3v) is 5.69. The molecule has 2 nitrogen and oxygen atoms in total. The van der Waals surface area contributed by atoms with Gasteiger partial charge < -0.3 is 10.2 Å². The van der Waals surface area contributed by atoms with Gasteiger partial charge in [0.1, 0.15) is 0 Å². The molecule has 1 aromatic heterocycles. The first-order valence-electron chi connectivity index (χ1n) is 8.19. The summed E-state index contributed by atoms with van der Waals surface area (Å²) < 4.78 is 1.39. The molecule has 3 rings (SSSR count). The van der Waals surface area contributed by atoms with Gasteiger partial charge in [-0.3, -0.25) is 0 Å². The zero-order valence-electron chi connectivity index (χ0n) is 13.1. The highest BCUT2D eigenvalue weighted by atomic mass is 32.1. The van der Waals surface area contributed by atoms with E-state index >= 15 is 0 Å². The van der Waals surface area contributed by atoms with Gasteiger partial charge in [-0.25, -0.2) is 0 Å². The van der Waals surface area contributed by atoms with Crippen LogP contribution in [-0.2, 0) is 0 Å². The summed E-state index contributed by atoms with van der Waals surface area (Å²) >= 11 is 1.92. The van der Waals surface area contributed by atoms with Crippen LogP contribution >= 0.6 is 11.3 Å². The third kappa shape index (κ3) is 3.85. The fourth-order valence-electron chi connectivity index (χ4n) is 3.31. The zero-order chi connectivity index (χ0) is 14.7. The molecule has 2 aromatic rings. The van der Waals surface area contributed by atoms with Gasteiger partial charge in [-0.15, -0.1) is 11.3 Å². The number of fused-ring (bicyclic) bond motifs is 1. The van der Waals surface area contributed by atoms with E-state index < -0.39 is 0 Å². The summed E-state index contributed by atoms with van der Waals surface area (Å²) in [5.41, 5.74) is 0. The van der Waals surface area contributed by atoms with Crippen LogP contribution in [0, 0.1) is 0 Å². The molecular formula is C18H26N2S. The molecule has 0 radical (unpaired) electrons. The van der Waals surface area contributed by atoms with Gasteiger partial charge in [0.05, 0.1) is 0 Å². The number of nitrogens with one attached hydrogen (secondary N) is 1. The van der Waals surface area contributed by atoms with E-state index in [0.717, 1.165) is 0 Å². The van der Waals surface area contributed by atoms with E-state index in [-0.39, 0.29) is 0 Å². The Morgan fingerprint density at radius 1 is 1.14 bits per heavy atom. The maximum Gasteiger partial charge on any atom is 0.0389 e. The normalized spacial score (nSPS) is 19.7. The number of piperidine rings is 1. The molecule has 1 saturated heterocycles. The van der Waals surface area contributed by atoms with Crippen molar-refractivity contribution in [1.29, 1.82) is 0 Å². The summed E-state index contributed by atoms with van der Waals surface area (Å²) in [5, 5.41) is 5.14. The van der Waals surface area contributed by atoms with E-state index in [2.05, 4.69) is 54.4 Å². The quantitative estimate of drug-likeness (QED) is 0.879. The highest BCUT2D eigenvalue weighted by Gasteiger charge is 2.16. The lowest BCUT2D eigenvalue weighted by Gasteiger charge is -2.30. The number of likely N-dealkylation sites (tertiary alicyclic amines) is 1. The molecule has 3 heteroatoms. The SMILES string of the molecule is CC(CN1CCCCC1)NC(C)c1cc2ccccc2s1. The number of hydrogen-bond acceptors (Lipinski definition) is 3. The van der Waals surface area contributed by atoms with Gasteiger partial charge in [-0.05, 0) is 57.3 Å². The molecule has 1 N–H and O–H groups in total. The van der Waals surface area contributed by atoms with Crippen molar-refractivity contribution in [2.45, 2.75) is 45.2 Å². The van der Waals surface area contributed by atoms with Crippen LogP contribution in [0.15, 0.2) is 30.3 Å². The van der Waals surface area contributed by atoms with Gasteiger partial charge in [0, 0.05) is 28.2 Å². The summed E-state index contributed by atoms with van der Waals surface area (Å²) in [6.07, 6.45) is 4.16. The summed E-state index contributed by atoms with van der Waals surface area (Å²) in [5.74, 6) is 0. The maximum absolute atomic E-state index is 3.77. The minimum atomic E-state index is 0.433. The van der Waals surface area contributed by atoms with E-state index in [0.29, 0.717) is 12.1 Å². The minimum absolute atomic E-state index is 0.433. The van der Waals surface area contributed by atoms with Crippen LogP contribution < -0.4 is 5.32 Å². The number of benzene rings is 1. The average Bonchev–Trinajstić information content (AvgIpc) is 2.92. The molecule has 0 saturated carbocycles. The molecular weight excluding hydrogens is 276 g/mol. The monoisotopic (exact) mass is 302 g/mol. The van der Waals surface area contributed by atoms with Crippen molar-refractivity contribution in [2.75, 3.05) is 19.6 Å². The van der Waals surface area contributed by atoms with E-state index in [1.54, 1.807) is 0 Å². The fraction of sp³-hybridized carbons (Fsp3) is 0.556. The van der Waals surface area contributed by atoms with E-state index in [1.807, 2.05) is 11.3 Å². The average molecular weight is 302 g/mol. The van der Waals surface area contributed by atoms with Gasteiger partial charge >= 0.3 is 0 Å². The van der Waals surface area contributed by atoms with Crippen LogP contribution in [0.4, 0.5) is 0 Å². The molecule has 2 atom stereocenters. The van der Waals surface area contributed by atoms with Gasteiger partial charge in [-0.1, -0.05) is 24.6 Å². The smallest absolute Gasteiger partial charge is 0.0389 e. The molecule has 1 aliphatic heterocycles. The van der Waals surface area contributed by atoms with E-state index in [9.17, 15) is 0 Å². The Labute approximate surface area is 132 Å². The van der Waals surface area contributed by atoms with Crippen LogP contribution in [0.3, 0.4) is 0 Å². The van der Waals surface area contributed by atoms with Gasteiger partial charge in [0.2, 0.25) is 0 Å². The Bertz CT molecular complexity index is 538. The van der Waals surface area contributed by atoms with Crippen LogP contribution in [0.25, 0.3) is 10.1 Å². The van der Waals surface area contributed by atoms with Crippen LogP contribution in [0.5, 0.6) is 0 Å². The Morgan fingerprint density at radius 2 is 1.90 bits per heavy atom. The van der Waals surface area contributed by atoms with Gasteiger partial charge in [0.15, 0.2) is 0 Å². The molecule has 114 valence electrons. The molecule has 0 spiro atoms. The molecule has 1 aliphatic rings. The van der Waals surface area contributed by atoms with Crippen molar-refractivity contribution in [3.8, 4) is 0 Å². The molecule has 0 amide bonds. The molecule has 2 unspecified atom stereocenters. The second-order valence-corrected chi connectivity index (χ2v) is 7.45. The van der Waals surface area contributed by atoms with Crippen LogP contribution in [-0.4, -0.2) is 30.6 Å². The van der Waals surface area contributed by atoms with Crippen LogP contribution in [0.2, 0.25) is 0 Å². The summed E-state index contributed by atoms with van der Waals surface area (Å²) in [6, 6.07) is 12.0. The van der Waals surface area contributed by atoms with Crippen molar-refractivity contribution in [1.82, 2.24) is 10.2 Å². The molecule has 2 heterocycles. The predicted octanol–water partition coefficient (Wildman–Crippen LogP) is 4.43. The lowest BCUT2D eigenvalue weighted by Crippen LogP contribution is -2.42. The summed E-state index contributed by atoms with van der Waals surface area (Å²) in [6.45, 7) is 8.34. The predicted molar refractivity (Wildman–Crippen MR) is 93.1 cm³/mol. The lowest BCUT2D eigenvalue weighted by molar-refractivity contribution is 0.205. The molecule has 0 aliphatic carbocycles. The highest BCUT2D eigenvalue weighted by Crippen LogP contribution is 2.29. The first-order valence-corrected chi connectivity index (χ1v) is 9.01. The zero-order valence-corrected chi connectivity index (χ0v) is 14.0. The minimum Gasteiger partial charge on any atom is -0.306 e. The van der Waals surface area contributed by atoms with Crippen molar-refractivity contribution in [3.05, 3.63) is 35.2 Å². The summed E-state index contributed by atoms with van der Waals surface area (Å²) in [7, 11) is 0. The summed E-state index contributed by atoms with van der Waals surface area (Å²) in [4.78, 5) is 4.06. The molecule has 21 heavy (non-hydrogen) atoms. The van der Waals surface area contributed by atoms with Crippen molar-refractivity contribution < 1.29 is 0 Å². The largest absolute Gasteiger partial charge is 0.306 e. The van der Waals surface area contributed by atoms with E-state index in [4.69, 9.17) is 0 Å². The van der Waals surface area contributed by atoms with Crippen molar-refractivity contribution in [2.24, 2.45) is 0 Å². The molecule has 1 aromatic carbocycles. The number of hydrogen-bond donors (Lipinski definition) is 1. The topological polar surface area (TPSA) is 15.3 Å².